The Kier molecular flexibility index (Phi) is 6.33. The summed E-state index contributed by atoms with van der Waals surface area (Å²) in [6, 6.07) is 12.8. The van der Waals surface area contributed by atoms with Crippen LogP contribution >= 0.6 is 0 Å². The molecule has 3 rings (SSSR count). The quantitative estimate of drug-likeness (QED) is 0.571. The zero-order valence-electron chi connectivity index (χ0n) is 15.9. The van der Waals surface area contributed by atoms with Gasteiger partial charge < -0.3 is 9.64 Å². The van der Waals surface area contributed by atoms with Crippen molar-refractivity contribution in [2.75, 3.05) is 13.2 Å². The number of para-hydroxylation sites is 1. The summed E-state index contributed by atoms with van der Waals surface area (Å²) < 4.78 is 19.5. The molecule has 150 valence electrons. The van der Waals surface area contributed by atoms with Crippen molar-refractivity contribution in [2.24, 2.45) is 0 Å². The molecule has 0 unspecified atom stereocenters. The number of fused-ring (bicyclic) bond motifs is 1. The molecule has 0 saturated heterocycles. The Hall–Kier alpha value is -3.55. The monoisotopic (exact) mass is 397 g/mol. The molecule has 0 fully saturated rings. The first kappa shape index (κ1) is 20.2. The second-order valence-corrected chi connectivity index (χ2v) is 6.39. The van der Waals surface area contributed by atoms with Crippen LogP contribution in [-0.4, -0.2) is 39.5 Å². The minimum Gasteiger partial charge on any atom is -0.454 e. The molecule has 1 aromatic heterocycles. The summed E-state index contributed by atoms with van der Waals surface area (Å²) in [6.45, 7) is 1.55. The van der Waals surface area contributed by atoms with Crippen molar-refractivity contribution in [3.63, 3.8) is 0 Å². The topological polar surface area (TPSA) is 81.5 Å². The van der Waals surface area contributed by atoms with Gasteiger partial charge in [-0.1, -0.05) is 24.3 Å². The smallest absolute Gasteiger partial charge is 0.326 e. The first-order valence-electron chi connectivity index (χ1n) is 9.10. The van der Waals surface area contributed by atoms with E-state index in [2.05, 4.69) is 4.98 Å². The number of likely N-dealkylation sites (N-methyl/N-ethyl adjacent to an activating group) is 1. The van der Waals surface area contributed by atoms with Crippen LogP contribution in [0.3, 0.4) is 0 Å². The Balaban J connectivity index is 1.59. The number of rotatable bonds is 7. The normalized spacial score (nSPS) is 10.7. The van der Waals surface area contributed by atoms with Crippen LogP contribution in [-0.2, 0) is 27.4 Å². The third-order valence-corrected chi connectivity index (χ3v) is 4.38. The van der Waals surface area contributed by atoms with Gasteiger partial charge in [0.15, 0.2) is 6.61 Å². The molecule has 7 nitrogen and oxygen atoms in total. The van der Waals surface area contributed by atoms with E-state index in [1.165, 1.54) is 23.4 Å². The number of hydrogen-bond acceptors (Lipinski definition) is 5. The fourth-order valence-electron chi connectivity index (χ4n) is 2.87. The van der Waals surface area contributed by atoms with Gasteiger partial charge in [0.05, 0.1) is 17.2 Å². The van der Waals surface area contributed by atoms with E-state index in [9.17, 15) is 18.8 Å². The average molecular weight is 397 g/mol. The van der Waals surface area contributed by atoms with Crippen LogP contribution in [0.2, 0.25) is 0 Å². The highest BCUT2D eigenvalue weighted by molar-refractivity contribution is 5.81. The summed E-state index contributed by atoms with van der Waals surface area (Å²) in [5.41, 5.74) is 0.814. The van der Waals surface area contributed by atoms with Crippen molar-refractivity contribution in [3.8, 4) is 0 Å². The second kappa shape index (κ2) is 9.09. The molecule has 0 aliphatic rings. The van der Waals surface area contributed by atoms with Crippen molar-refractivity contribution >= 4 is 22.8 Å². The van der Waals surface area contributed by atoms with Crippen molar-refractivity contribution in [2.45, 2.75) is 20.0 Å². The second-order valence-electron chi connectivity index (χ2n) is 6.39. The minimum atomic E-state index is -0.723. The van der Waals surface area contributed by atoms with Gasteiger partial charge in [-0.25, -0.2) is 9.37 Å². The maximum Gasteiger partial charge on any atom is 0.326 e. The Morgan fingerprint density at radius 3 is 2.72 bits per heavy atom. The molecule has 0 bridgehead atoms. The van der Waals surface area contributed by atoms with E-state index in [0.29, 0.717) is 23.0 Å². The van der Waals surface area contributed by atoms with Crippen LogP contribution in [0.1, 0.15) is 12.5 Å². The number of nitrogens with zero attached hydrogens (tertiary/aromatic N) is 3. The van der Waals surface area contributed by atoms with Crippen molar-refractivity contribution < 1.29 is 18.7 Å². The SMILES string of the molecule is CCN(Cc1cccc(F)c1)C(=O)COC(=O)Cn1cnc2ccccc2c1=O. The number of carbonyl (C=O) groups excluding carboxylic acids is 2. The van der Waals surface area contributed by atoms with Gasteiger partial charge in [0, 0.05) is 13.1 Å². The number of carbonyl (C=O) groups is 2. The summed E-state index contributed by atoms with van der Waals surface area (Å²) in [5, 5.41) is 0.395. The number of esters is 1. The number of benzene rings is 2. The van der Waals surface area contributed by atoms with E-state index < -0.39 is 18.5 Å². The lowest BCUT2D eigenvalue weighted by atomic mass is 10.2. The van der Waals surface area contributed by atoms with Crippen LogP contribution in [0.15, 0.2) is 59.7 Å². The molecule has 8 heteroatoms. The highest BCUT2D eigenvalue weighted by Crippen LogP contribution is 2.08. The summed E-state index contributed by atoms with van der Waals surface area (Å²) >= 11 is 0. The van der Waals surface area contributed by atoms with Gasteiger partial charge in [0.25, 0.3) is 11.5 Å². The van der Waals surface area contributed by atoms with Gasteiger partial charge in [-0.2, -0.15) is 0 Å². The van der Waals surface area contributed by atoms with Gasteiger partial charge in [-0.3, -0.25) is 19.0 Å². The zero-order valence-corrected chi connectivity index (χ0v) is 15.9. The Labute approximate surface area is 166 Å². The van der Waals surface area contributed by atoms with E-state index >= 15 is 0 Å². The lowest BCUT2D eigenvalue weighted by Gasteiger charge is -2.21. The summed E-state index contributed by atoms with van der Waals surface area (Å²) in [6.07, 6.45) is 1.27. The number of halogens is 1. The molecule has 0 radical (unpaired) electrons. The Morgan fingerprint density at radius 2 is 1.97 bits per heavy atom. The van der Waals surface area contributed by atoms with Crippen molar-refractivity contribution in [1.82, 2.24) is 14.5 Å². The van der Waals surface area contributed by atoms with Crippen LogP contribution in [0.25, 0.3) is 10.9 Å². The third-order valence-electron chi connectivity index (χ3n) is 4.38. The van der Waals surface area contributed by atoms with E-state index in [1.54, 1.807) is 43.3 Å². The van der Waals surface area contributed by atoms with Crippen LogP contribution < -0.4 is 5.56 Å². The lowest BCUT2D eigenvalue weighted by molar-refractivity contribution is -0.152. The highest BCUT2D eigenvalue weighted by atomic mass is 19.1. The molecule has 2 aromatic carbocycles. The molecule has 0 aliphatic carbocycles. The number of ether oxygens (including phenoxy) is 1. The van der Waals surface area contributed by atoms with Gasteiger partial charge in [-0.05, 0) is 36.8 Å². The summed E-state index contributed by atoms with van der Waals surface area (Å²) in [7, 11) is 0. The van der Waals surface area contributed by atoms with Gasteiger partial charge in [0.1, 0.15) is 12.4 Å². The average Bonchev–Trinajstić information content (AvgIpc) is 2.72. The molecule has 0 saturated carbocycles. The van der Waals surface area contributed by atoms with Gasteiger partial charge in [-0.15, -0.1) is 0 Å². The largest absolute Gasteiger partial charge is 0.454 e. The maximum atomic E-state index is 13.3. The number of amides is 1. The van der Waals surface area contributed by atoms with Crippen LogP contribution in [0, 0.1) is 5.82 Å². The maximum absolute atomic E-state index is 13.3. The predicted molar refractivity (Wildman–Crippen MR) is 104 cm³/mol. The number of hydrogen-bond donors (Lipinski definition) is 0. The first-order chi connectivity index (χ1) is 14.0. The molecule has 0 aliphatic heterocycles. The molecular formula is C21H20FN3O4. The third kappa shape index (κ3) is 5.04. The molecular weight excluding hydrogens is 377 g/mol. The van der Waals surface area contributed by atoms with Gasteiger partial charge >= 0.3 is 5.97 Å². The van der Waals surface area contributed by atoms with Crippen LogP contribution in [0.4, 0.5) is 4.39 Å². The molecule has 1 amide bonds. The van der Waals surface area contributed by atoms with E-state index in [4.69, 9.17) is 4.74 Å². The van der Waals surface area contributed by atoms with Crippen molar-refractivity contribution in [3.05, 3.63) is 76.6 Å². The van der Waals surface area contributed by atoms with E-state index in [1.807, 2.05) is 0 Å². The molecule has 0 spiro atoms. The summed E-state index contributed by atoms with van der Waals surface area (Å²) in [4.78, 5) is 42.4. The zero-order chi connectivity index (χ0) is 20.8. The highest BCUT2D eigenvalue weighted by Gasteiger charge is 2.16. The standard InChI is InChI=1S/C21H20FN3O4/c1-2-24(11-15-6-5-7-16(22)10-15)19(26)13-29-20(27)12-25-14-23-18-9-4-3-8-17(18)21(25)28/h3-10,14H,2,11-13H2,1H3. The molecule has 0 N–H and O–H groups in total. The molecule has 0 atom stereocenters. The predicted octanol–water partition coefficient (Wildman–Crippen LogP) is 2.13. The van der Waals surface area contributed by atoms with Gasteiger partial charge in [0.2, 0.25) is 0 Å². The minimum absolute atomic E-state index is 0.207. The van der Waals surface area contributed by atoms with Crippen LogP contribution in [0.5, 0.6) is 0 Å². The van der Waals surface area contributed by atoms with Crippen molar-refractivity contribution in [1.29, 1.82) is 0 Å². The fourth-order valence-corrected chi connectivity index (χ4v) is 2.87. The molecule has 3 aromatic rings. The number of aromatic nitrogens is 2. The van der Waals surface area contributed by atoms with E-state index in [0.717, 1.165) is 4.57 Å². The molecule has 1 heterocycles. The fraction of sp³-hybridized carbons (Fsp3) is 0.238. The molecule has 29 heavy (non-hydrogen) atoms. The Bertz CT molecular complexity index is 1100. The first-order valence-corrected chi connectivity index (χ1v) is 9.10. The lowest BCUT2D eigenvalue weighted by Crippen LogP contribution is -2.35. The van der Waals surface area contributed by atoms with E-state index in [-0.39, 0.29) is 24.5 Å². The Morgan fingerprint density at radius 1 is 1.17 bits per heavy atom. The summed E-state index contributed by atoms with van der Waals surface area (Å²) in [5.74, 6) is -1.51.